The van der Waals surface area contributed by atoms with Crippen LogP contribution in [0.1, 0.15) is 5.56 Å². The first-order valence-corrected chi connectivity index (χ1v) is 9.81. The van der Waals surface area contributed by atoms with E-state index in [2.05, 4.69) is 4.40 Å². The van der Waals surface area contributed by atoms with Crippen LogP contribution in [0.3, 0.4) is 0 Å². The normalized spacial score (nSPS) is 18.3. The van der Waals surface area contributed by atoms with Gasteiger partial charge in [0.1, 0.15) is 5.84 Å². The van der Waals surface area contributed by atoms with Crippen LogP contribution in [-0.2, 0) is 21.4 Å². The number of nitrogens with zero attached hydrogens (tertiary/aromatic N) is 3. The Morgan fingerprint density at radius 3 is 2.84 bits per heavy atom. The molecule has 0 saturated carbocycles. The number of benzene rings is 1. The third-order valence-electron chi connectivity index (χ3n) is 3.86. The lowest BCUT2D eigenvalue weighted by atomic mass is 10.1. The highest BCUT2D eigenvalue weighted by molar-refractivity contribution is 7.90. The van der Waals surface area contributed by atoms with Gasteiger partial charge in [-0.05, 0) is 23.8 Å². The van der Waals surface area contributed by atoms with E-state index in [1.807, 2.05) is 6.07 Å². The fourth-order valence-electron chi connectivity index (χ4n) is 2.55. The highest BCUT2D eigenvalue weighted by atomic mass is 35.5. The molecule has 2 aliphatic rings. The predicted molar refractivity (Wildman–Crippen MR) is 98.1 cm³/mol. The molecule has 132 valence electrons. The Labute approximate surface area is 156 Å². The van der Waals surface area contributed by atoms with Crippen molar-refractivity contribution in [1.82, 2.24) is 9.80 Å². The minimum Gasteiger partial charge on any atom is -0.337 e. The van der Waals surface area contributed by atoms with Gasteiger partial charge in [-0.3, -0.25) is 4.79 Å². The zero-order valence-electron chi connectivity index (χ0n) is 13.3. The second kappa shape index (κ2) is 6.82. The number of likely N-dealkylation sites (N-methyl/N-ethyl adjacent to an activating group) is 1. The van der Waals surface area contributed by atoms with Crippen molar-refractivity contribution in [1.29, 1.82) is 0 Å². The molecule has 0 aromatic heterocycles. The number of hydrogen-bond acceptors (Lipinski definition) is 4. The van der Waals surface area contributed by atoms with Gasteiger partial charge in [0.2, 0.25) is 0 Å². The van der Waals surface area contributed by atoms with Crippen molar-refractivity contribution in [2.45, 2.75) is 6.54 Å². The smallest absolute Gasteiger partial charge is 0.256 e. The minimum atomic E-state index is -3.41. The van der Waals surface area contributed by atoms with E-state index in [-0.39, 0.29) is 18.2 Å². The van der Waals surface area contributed by atoms with Crippen molar-refractivity contribution in [3.8, 4) is 0 Å². The van der Waals surface area contributed by atoms with Gasteiger partial charge in [0, 0.05) is 26.3 Å². The Bertz CT molecular complexity index is 923. The predicted octanol–water partition coefficient (Wildman–Crippen LogP) is 2.45. The van der Waals surface area contributed by atoms with Gasteiger partial charge in [-0.25, -0.2) is 8.42 Å². The summed E-state index contributed by atoms with van der Waals surface area (Å²) >= 11 is 12.2. The van der Waals surface area contributed by atoms with Crippen molar-refractivity contribution < 1.29 is 13.2 Å². The molecule has 0 saturated heterocycles. The Kier molecular flexibility index (Phi) is 4.90. The van der Waals surface area contributed by atoms with E-state index < -0.39 is 10.0 Å². The molecule has 2 heterocycles. The topological polar surface area (TPSA) is 70.1 Å². The second-order valence-electron chi connectivity index (χ2n) is 5.72. The van der Waals surface area contributed by atoms with Crippen LogP contribution in [0.4, 0.5) is 0 Å². The lowest BCUT2D eigenvalue weighted by molar-refractivity contribution is -0.126. The third-order valence-corrected chi connectivity index (χ3v) is 5.88. The molecule has 1 aromatic rings. The zero-order valence-corrected chi connectivity index (χ0v) is 15.6. The molecule has 2 aliphatic heterocycles. The molecule has 0 N–H and O–H groups in total. The van der Waals surface area contributed by atoms with E-state index in [9.17, 15) is 13.2 Å². The molecule has 0 radical (unpaired) electrons. The maximum atomic E-state index is 12.6. The molecule has 0 unspecified atom stereocenters. The summed E-state index contributed by atoms with van der Waals surface area (Å²) < 4.78 is 26.7. The number of amidine groups is 1. The van der Waals surface area contributed by atoms with Crippen LogP contribution in [0.25, 0.3) is 0 Å². The number of fused-ring (bicyclic) bond motifs is 1. The van der Waals surface area contributed by atoms with Gasteiger partial charge in [0.05, 0.1) is 21.4 Å². The quantitative estimate of drug-likeness (QED) is 0.782. The summed E-state index contributed by atoms with van der Waals surface area (Å²) in [5.41, 5.74) is 1.19. The Balaban J connectivity index is 1.77. The SMILES string of the molecule is CN(Cc1cccc(Cl)c1Cl)C(=O)C1=CN2CCS(=O)(=O)N=C2C=C1. The number of carbonyl (C=O) groups is 1. The first-order valence-electron chi connectivity index (χ1n) is 7.44. The summed E-state index contributed by atoms with van der Waals surface area (Å²) in [7, 11) is -1.75. The molecule has 6 nitrogen and oxygen atoms in total. The third kappa shape index (κ3) is 3.89. The van der Waals surface area contributed by atoms with E-state index in [1.165, 1.54) is 11.0 Å². The highest BCUT2D eigenvalue weighted by Crippen LogP contribution is 2.27. The van der Waals surface area contributed by atoms with E-state index in [1.54, 1.807) is 36.4 Å². The summed E-state index contributed by atoms with van der Waals surface area (Å²) in [6, 6.07) is 5.27. The van der Waals surface area contributed by atoms with Gasteiger partial charge in [-0.2, -0.15) is 0 Å². The first-order chi connectivity index (χ1) is 11.8. The molecular weight excluding hydrogens is 385 g/mol. The van der Waals surface area contributed by atoms with E-state index in [0.717, 1.165) is 5.56 Å². The molecule has 1 aromatic carbocycles. The number of carbonyl (C=O) groups excluding carboxylic acids is 1. The molecular formula is C16H15Cl2N3O3S. The van der Waals surface area contributed by atoms with Crippen molar-refractivity contribution >= 4 is 45.0 Å². The van der Waals surface area contributed by atoms with Gasteiger partial charge in [0.15, 0.2) is 0 Å². The van der Waals surface area contributed by atoms with Crippen LogP contribution in [0, 0.1) is 0 Å². The van der Waals surface area contributed by atoms with Gasteiger partial charge >= 0.3 is 0 Å². The number of halogens is 2. The van der Waals surface area contributed by atoms with Gasteiger partial charge in [0.25, 0.3) is 15.9 Å². The summed E-state index contributed by atoms with van der Waals surface area (Å²) in [5.74, 6) is 0.0408. The number of amides is 1. The van der Waals surface area contributed by atoms with Crippen LogP contribution in [0.5, 0.6) is 0 Å². The van der Waals surface area contributed by atoms with Gasteiger partial charge < -0.3 is 9.80 Å². The second-order valence-corrected chi connectivity index (χ2v) is 8.26. The first kappa shape index (κ1) is 18.0. The summed E-state index contributed by atoms with van der Waals surface area (Å²) in [5, 5.41) is 0.861. The molecule has 3 rings (SSSR count). The average Bonchev–Trinajstić information content (AvgIpc) is 2.57. The number of rotatable bonds is 3. The van der Waals surface area contributed by atoms with Crippen LogP contribution < -0.4 is 0 Å². The van der Waals surface area contributed by atoms with Gasteiger partial charge in [-0.1, -0.05) is 35.3 Å². The van der Waals surface area contributed by atoms with Crippen LogP contribution in [0.2, 0.25) is 10.0 Å². The number of sulfonamides is 1. The Morgan fingerprint density at radius 2 is 2.08 bits per heavy atom. The molecule has 0 aliphatic carbocycles. The highest BCUT2D eigenvalue weighted by Gasteiger charge is 2.26. The van der Waals surface area contributed by atoms with Crippen molar-refractivity contribution in [2.24, 2.45) is 4.40 Å². The molecule has 9 heteroatoms. The van der Waals surface area contributed by atoms with Crippen LogP contribution >= 0.6 is 23.2 Å². The zero-order chi connectivity index (χ0) is 18.2. The van der Waals surface area contributed by atoms with E-state index in [4.69, 9.17) is 23.2 Å². The minimum absolute atomic E-state index is 0.0731. The monoisotopic (exact) mass is 399 g/mol. The van der Waals surface area contributed by atoms with E-state index >= 15 is 0 Å². The molecule has 0 spiro atoms. The van der Waals surface area contributed by atoms with Gasteiger partial charge in [-0.15, -0.1) is 4.40 Å². The molecule has 0 fully saturated rings. The maximum Gasteiger partial charge on any atom is 0.256 e. The molecule has 25 heavy (non-hydrogen) atoms. The van der Waals surface area contributed by atoms with Crippen LogP contribution in [-0.4, -0.2) is 49.3 Å². The van der Waals surface area contributed by atoms with Crippen LogP contribution in [0.15, 0.2) is 46.5 Å². The van der Waals surface area contributed by atoms with E-state index in [0.29, 0.717) is 28.0 Å². The van der Waals surface area contributed by atoms with Crippen molar-refractivity contribution in [3.05, 3.63) is 57.7 Å². The Hall–Kier alpha value is -1.83. The lowest BCUT2D eigenvalue weighted by Gasteiger charge is -2.28. The largest absolute Gasteiger partial charge is 0.337 e. The lowest BCUT2D eigenvalue weighted by Crippen LogP contribution is -2.38. The Morgan fingerprint density at radius 1 is 1.32 bits per heavy atom. The summed E-state index contributed by atoms with van der Waals surface area (Å²) in [6.07, 6.45) is 4.71. The molecule has 0 atom stereocenters. The fraction of sp³-hybridized carbons (Fsp3) is 0.250. The average molecular weight is 400 g/mol. The van der Waals surface area contributed by atoms with Crippen molar-refractivity contribution in [3.63, 3.8) is 0 Å². The summed E-state index contributed by atoms with van der Waals surface area (Å²) in [6.45, 7) is 0.574. The summed E-state index contributed by atoms with van der Waals surface area (Å²) in [4.78, 5) is 15.8. The molecule has 0 bridgehead atoms. The van der Waals surface area contributed by atoms with Crippen molar-refractivity contribution in [2.75, 3.05) is 19.3 Å². The number of hydrogen-bond donors (Lipinski definition) is 0. The maximum absolute atomic E-state index is 12.6. The molecule has 1 amide bonds. The standard InChI is InChI=1S/C16H15Cl2N3O3S/c1-20(9-11-3-2-4-13(17)15(11)18)16(22)12-5-6-14-19-25(23,24)8-7-21(14)10-12/h2-6,10H,7-9H2,1H3. The fourth-order valence-corrected chi connectivity index (χ4v) is 3.90.